The molecule has 0 atom stereocenters. The van der Waals surface area contributed by atoms with Gasteiger partial charge in [-0.1, -0.05) is 22.9 Å². The van der Waals surface area contributed by atoms with Crippen molar-refractivity contribution in [3.8, 4) is 0 Å². The Morgan fingerprint density at radius 2 is 2.23 bits per heavy atom. The van der Waals surface area contributed by atoms with Crippen LogP contribution < -0.4 is 4.57 Å². The molecule has 0 N–H and O–H groups in total. The van der Waals surface area contributed by atoms with E-state index in [-0.39, 0.29) is 0 Å². The Morgan fingerprint density at radius 1 is 1.46 bits per heavy atom. The molecule has 1 aromatic heterocycles. The van der Waals surface area contributed by atoms with E-state index >= 15 is 0 Å². The Morgan fingerprint density at radius 3 is 2.92 bits per heavy atom. The molecule has 3 heteroatoms. The first-order valence-electron chi connectivity index (χ1n) is 4.31. The summed E-state index contributed by atoms with van der Waals surface area (Å²) in [5, 5.41) is 2.15. The molecule has 0 unspecified atom stereocenters. The van der Waals surface area contributed by atoms with Gasteiger partial charge in [-0.05, 0) is 19.1 Å². The lowest BCUT2D eigenvalue weighted by Crippen LogP contribution is -2.33. The summed E-state index contributed by atoms with van der Waals surface area (Å²) in [6, 6.07) is 6.06. The first kappa shape index (κ1) is 8.97. The summed E-state index contributed by atoms with van der Waals surface area (Å²) < 4.78 is 3.57. The first-order valence-corrected chi connectivity index (χ1v) is 5.50. The van der Waals surface area contributed by atoms with Crippen LogP contribution in [0.15, 0.2) is 18.2 Å². The van der Waals surface area contributed by atoms with Gasteiger partial charge in [0, 0.05) is 18.0 Å². The number of rotatable bonds is 1. The van der Waals surface area contributed by atoms with E-state index in [0.29, 0.717) is 0 Å². The van der Waals surface area contributed by atoms with Crippen LogP contribution in [0.5, 0.6) is 0 Å². The molecule has 0 fully saturated rings. The van der Waals surface area contributed by atoms with Crippen LogP contribution in [-0.2, 0) is 6.54 Å². The van der Waals surface area contributed by atoms with E-state index in [4.69, 9.17) is 11.6 Å². The van der Waals surface area contributed by atoms with Crippen molar-refractivity contribution in [2.24, 2.45) is 0 Å². The average Bonchev–Trinajstić information content (AvgIpc) is 2.39. The summed E-state index contributed by atoms with van der Waals surface area (Å²) in [4.78, 5) is 0. The van der Waals surface area contributed by atoms with Gasteiger partial charge in [-0.3, -0.25) is 0 Å². The number of hydrogen-bond acceptors (Lipinski definition) is 1. The summed E-state index contributed by atoms with van der Waals surface area (Å²) in [6.45, 7) is 5.32. The molecule has 1 nitrogen and oxygen atoms in total. The van der Waals surface area contributed by atoms with Crippen molar-refractivity contribution >= 4 is 33.2 Å². The molecule has 0 aliphatic carbocycles. The van der Waals surface area contributed by atoms with Crippen LogP contribution in [0.1, 0.15) is 11.9 Å². The van der Waals surface area contributed by atoms with Crippen LogP contribution in [0, 0.1) is 6.92 Å². The largest absolute Gasteiger partial charge is 0.235 e. The predicted octanol–water partition coefficient (Wildman–Crippen LogP) is 3.17. The molecule has 68 valence electrons. The summed E-state index contributed by atoms with van der Waals surface area (Å²) in [5.41, 5.74) is 1.29. The van der Waals surface area contributed by atoms with E-state index in [1.54, 1.807) is 11.3 Å². The fraction of sp³-hybridized carbons (Fsp3) is 0.300. The lowest BCUT2D eigenvalue weighted by Gasteiger charge is -1.90. The molecular formula is C10H11ClNS+. The lowest BCUT2D eigenvalue weighted by atomic mass is 10.3. The maximum absolute atomic E-state index is 5.92. The molecule has 0 radical (unpaired) electrons. The van der Waals surface area contributed by atoms with Crippen molar-refractivity contribution in [1.29, 1.82) is 0 Å². The molecule has 0 saturated heterocycles. The molecule has 0 bridgehead atoms. The molecule has 13 heavy (non-hydrogen) atoms. The standard InChI is InChI=1S/C10H11ClNS/c1-3-12-7(2)13-10-6-8(11)4-5-9(10)12/h4-6H,3H2,1-2H3/q+1. The zero-order valence-corrected chi connectivity index (χ0v) is 9.25. The van der Waals surface area contributed by atoms with E-state index in [1.165, 1.54) is 15.2 Å². The van der Waals surface area contributed by atoms with Gasteiger partial charge < -0.3 is 0 Å². The Kier molecular flexibility index (Phi) is 2.26. The number of hydrogen-bond donors (Lipinski definition) is 0. The van der Waals surface area contributed by atoms with Gasteiger partial charge in [0.15, 0.2) is 0 Å². The third-order valence-corrected chi connectivity index (χ3v) is 3.46. The van der Waals surface area contributed by atoms with E-state index in [0.717, 1.165) is 11.6 Å². The number of aryl methyl sites for hydroxylation is 2. The molecule has 0 aliphatic rings. The van der Waals surface area contributed by atoms with Crippen molar-refractivity contribution < 1.29 is 4.57 Å². The fourth-order valence-corrected chi connectivity index (χ4v) is 2.93. The minimum atomic E-state index is 0.817. The van der Waals surface area contributed by atoms with Gasteiger partial charge >= 0.3 is 0 Å². The number of aromatic nitrogens is 1. The minimum Gasteiger partial charge on any atom is -0.186 e. The highest BCUT2D eigenvalue weighted by Crippen LogP contribution is 2.23. The number of benzene rings is 1. The van der Waals surface area contributed by atoms with Crippen molar-refractivity contribution in [3.05, 3.63) is 28.2 Å². The van der Waals surface area contributed by atoms with Crippen molar-refractivity contribution in [1.82, 2.24) is 0 Å². The SMILES string of the molecule is CC[n+]1c(C)sc2cc(Cl)ccc21. The Hall–Kier alpha value is -0.600. The van der Waals surface area contributed by atoms with Gasteiger partial charge in [0.2, 0.25) is 10.5 Å². The fourth-order valence-electron chi connectivity index (χ4n) is 1.57. The van der Waals surface area contributed by atoms with Gasteiger partial charge in [0.05, 0.1) is 0 Å². The highest BCUT2D eigenvalue weighted by atomic mass is 35.5. The molecule has 1 heterocycles. The first-order chi connectivity index (χ1) is 6.22. The van der Waals surface area contributed by atoms with E-state index in [1.807, 2.05) is 12.1 Å². The molecule has 0 aliphatic heterocycles. The molecule has 0 amide bonds. The average molecular weight is 213 g/mol. The summed E-state index contributed by atoms with van der Waals surface area (Å²) in [7, 11) is 0. The van der Waals surface area contributed by atoms with Gasteiger partial charge in [0.1, 0.15) is 11.2 Å². The summed E-state index contributed by atoms with van der Waals surface area (Å²) in [5.74, 6) is 0. The number of fused-ring (bicyclic) bond motifs is 1. The van der Waals surface area contributed by atoms with Crippen LogP contribution in [-0.4, -0.2) is 0 Å². The second-order valence-corrected chi connectivity index (χ2v) is 4.65. The van der Waals surface area contributed by atoms with Gasteiger partial charge in [-0.25, -0.2) is 0 Å². The Bertz CT molecular complexity index is 447. The number of nitrogens with zero attached hydrogens (tertiary/aromatic N) is 1. The molecule has 0 spiro atoms. The van der Waals surface area contributed by atoms with Gasteiger partial charge in [-0.15, -0.1) is 0 Å². The third-order valence-electron chi connectivity index (χ3n) is 2.17. The third kappa shape index (κ3) is 1.45. The van der Waals surface area contributed by atoms with Crippen LogP contribution in [0.25, 0.3) is 10.2 Å². The van der Waals surface area contributed by atoms with Crippen LogP contribution in [0.3, 0.4) is 0 Å². The summed E-state index contributed by atoms with van der Waals surface area (Å²) >= 11 is 7.72. The molecule has 2 rings (SSSR count). The van der Waals surface area contributed by atoms with Crippen molar-refractivity contribution in [2.45, 2.75) is 20.4 Å². The number of halogens is 1. The van der Waals surface area contributed by atoms with E-state index < -0.39 is 0 Å². The van der Waals surface area contributed by atoms with Crippen molar-refractivity contribution in [2.75, 3.05) is 0 Å². The predicted molar refractivity (Wildman–Crippen MR) is 57.4 cm³/mol. The minimum absolute atomic E-state index is 0.817. The Balaban J connectivity index is 2.79. The molecule has 0 saturated carbocycles. The molecule has 1 aromatic carbocycles. The number of thiazole rings is 1. The van der Waals surface area contributed by atoms with Gasteiger partial charge in [-0.2, -0.15) is 4.57 Å². The van der Waals surface area contributed by atoms with Crippen LogP contribution >= 0.6 is 22.9 Å². The summed E-state index contributed by atoms with van der Waals surface area (Å²) in [6.07, 6.45) is 0. The second kappa shape index (κ2) is 3.28. The van der Waals surface area contributed by atoms with Gasteiger partial charge in [0.25, 0.3) is 0 Å². The second-order valence-electron chi connectivity index (χ2n) is 2.98. The van der Waals surface area contributed by atoms with Crippen LogP contribution in [0.4, 0.5) is 0 Å². The lowest BCUT2D eigenvalue weighted by molar-refractivity contribution is -0.669. The highest BCUT2D eigenvalue weighted by molar-refractivity contribution is 7.18. The van der Waals surface area contributed by atoms with Crippen LogP contribution in [0.2, 0.25) is 5.02 Å². The topological polar surface area (TPSA) is 3.88 Å². The maximum Gasteiger partial charge on any atom is 0.235 e. The maximum atomic E-state index is 5.92. The Labute approximate surface area is 86.6 Å². The zero-order valence-electron chi connectivity index (χ0n) is 7.67. The van der Waals surface area contributed by atoms with E-state index in [9.17, 15) is 0 Å². The van der Waals surface area contributed by atoms with Crippen molar-refractivity contribution in [3.63, 3.8) is 0 Å². The zero-order chi connectivity index (χ0) is 9.42. The molecular weight excluding hydrogens is 202 g/mol. The van der Waals surface area contributed by atoms with E-state index in [2.05, 4.69) is 24.5 Å². The quantitative estimate of drug-likeness (QED) is 0.640. The highest BCUT2D eigenvalue weighted by Gasteiger charge is 2.14. The smallest absolute Gasteiger partial charge is 0.186 e. The monoisotopic (exact) mass is 212 g/mol. The normalized spacial score (nSPS) is 11.0. The molecule has 2 aromatic rings.